The van der Waals surface area contributed by atoms with Crippen LogP contribution in [-0.2, 0) is 13.1 Å². The van der Waals surface area contributed by atoms with E-state index in [-0.39, 0.29) is 0 Å². The van der Waals surface area contributed by atoms with Gasteiger partial charge in [0, 0.05) is 26.7 Å². The summed E-state index contributed by atoms with van der Waals surface area (Å²) in [6, 6.07) is 8.70. The van der Waals surface area contributed by atoms with Gasteiger partial charge in [0.1, 0.15) is 0 Å². The van der Waals surface area contributed by atoms with Crippen molar-refractivity contribution in [2.24, 2.45) is 10.9 Å². The van der Waals surface area contributed by atoms with Crippen molar-refractivity contribution in [1.82, 2.24) is 15.5 Å². The Morgan fingerprint density at radius 3 is 2.52 bits per heavy atom. The zero-order chi connectivity index (χ0) is 17.1. The largest absolute Gasteiger partial charge is 0.356 e. The first-order valence-corrected chi connectivity index (χ1v) is 8.68. The lowest BCUT2D eigenvalue weighted by Gasteiger charge is -2.14. The molecule has 0 amide bonds. The fourth-order valence-corrected chi connectivity index (χ4v) is 2.49. The number of guanidine groups is 1. The summed E-state index contributed by atoms with van der Waals surface area (Å²) >= 11 is 0. The van der Waals surface area contributed by atoms with Crippen LogP contribution in [0.4, 0.5) is 0 Å². The molecule has 0 aromatic heterocycles. The van der Waals surface area contributed by atoms with Crippen molar-refractivity contribution in [3.8, 4) is 0 Å². The van der Waals surface area contributed by atoms with Crippen LogP contribution in [-0.4, -0.2) is 38.5 Å². The van der Waals surface area contributed by atoms with Crippen molar-refractivity contribution in [3.63, 3.8) is 0 Å². The van der Waals surface area contributed by atoms with E-state index in [1.54, 1.807) is 0 Å². The molecule has 0 aliphatic heterocycles. The maximum Gasteiger partial charge on any atom is 0.191 e. The molecule has 0 fully saturated rings. The Kier molecular flexibility index (Phi) is 9.37. The first-order chi connectivity index (χ1) is 11.0. The first-order valence-electron chi connectivity index (χ1n) is 8.68. The second kappa shape index (κ2) is 11.1. The molecule has 0 aliphatic rings. The summed E-state index contributed by atoms with van der Waals surface area (Å²) in [5.74, 6) is 1.68. The molecule has 0 saturated carbocycles. The normalized spacial score (nSPS) is 12.0. The van der Waals surface area contributed by atoms with Gasteiger partial charge < -0.3 is 15.5 Å². The highest BCUT2D eigenvalue weighted by molar-refractivity contribution is 5.79. The van der Waals surface area contributed by atoms with Gasteiger partial charge >= 0.3 is 0 Å². The number of benzene rings is 1. The van der Waals surface area contributed by atoms with Crippen molar-refractivity contribution in [2.75, 3.05) is 27.7 Å². The van der Waals surface area contributed by atoms with Gasteiger partial charge in [0.25, 0.3) is 0 Å². The Labute approximate surface area is 142 Å². The number of unbranched alkanes of at least 4 members (excludes halogenated alkanes) is 1. The van der Waals surface area contributed by atoms with E-state index in [0.29, 0.717) is 0 Å². The average Bonchev–Trinajstić information content (AvgIpc) is 2.49. The van der Waals surface area contributed by atoms with E-state index < -0.39 is 0 Å². The molecule has 0 bridgehead atoms. The van der Waals surface area contributed by atoms with Gasteiger partial charge in [-0.15, -0.1) is 0 Å². The minimum Gasteiger partial charge on any atom is -0.356 e. The summed E-state index contributed by atoms with van der Waals surface area (Å²) in [6.07, 6.45) is 3.76. The zero-order valence-corrected chi connectivity index (χ0v) is 15.5. The van der Waals surface area contributed by atoms with Crippen molar-refractivity contribution >= 4 is 5.96 Å². The molecule has 0 radical (unpaired) electrons. The number of hydrogen-bond acceptors (Lipinski definition) is 2. The van der Waals surface area contributed by atoms with Crippen LogP contribution in [0.2, 0.25) is 0 Å². The highest BCUT2D eigenvalue weighted by atomic mass is 15.2. The number of nitrogens with one attached hydrogen (secondary N) is 2. The SMILES string of the molecule is CN=C(NCCCCC(C)C)NCc1cccc(CN(C)C)c1. The number of aliphatic imine (C=N–C) groups is 1. The molecule has 0 aliphatic carbocycles. The summed E-state index contributed by atoms with van der Waals surface area (Å²) in [5, 5.41) is 6.78. The van der Waals surface area contributed by atoms with Gasteiger partial charge in [-0.05, 0) is 37.6 Å². The minimum atomic E-state index is 0.793. The number of nitrogens with zero attached hydrogens (tertiary/aromatic N) is 2. The third-order valence-electron chi connectivity index (χ3n) is 3.67. The van der Waals surface area contributed by atoms with Crippen LogP contribution in [0.1, 0.15) is 44.2 Å². The van der Waals surface area contributed by atoms with Crippen LogP contribution in [0.5, 0.6) is 0 Å². The Morgan fingerprint density at radius 2 is 1.87 bits per heavy atom. The van der Waals surface area contributed by atoms with E-state index in [1.165, 1.54) is 30.4 Å². The average molecular weight is 319 g/mol. The van der Waals surface area contributed by atoms with Crippen LogP contribution in [0.25, 0.3) is 0 Å². The van der Waals surface area contributed by atoms with Gasteiger partial charge in [-0.3, -0.25) is 4.99 Å². The fourth-order valence-electron chi connectivity index (χ4n) is 2.49. The van der Waals surface area contributed by atoms with Crippen molar-refractivity contribution in [1.29, 1.82) is 0 Å². The van der Waals surface area contributed by atoms with E-state index in [9.17, 15) is 0 Å². The van der Waals surface area contributed by atoms with Gasteiger partial charge in [-0.2, -0.15) is 0 Å². The summed E-state index contributed by atoms with van der Waals surface area (Å²) in [6.45, 7) is 7.30. The predicted octanol–water partition coefficient (Wildman–Crippen LogP) is 3.24. The Balaban J connectivity index is 2.34. The molecule has 0 saturated heterocycles. The molecule has 0 unspecified atom stereocenters. The number of hydrogen-bond donors (Lipinski definition) is 2. The molecule has 1 rings (SSSR count). The molecule has 23 heavy (non-hydrogen) atoms. The van der Waals surface area contributed by atoms with E-state index in [2.05, 4.69) is 72.7 Å². The maximum atomic E-state index is 4.29. The third kappa shape index (κ3) is 9.24. The van der Waals surface area contributed by atoms with Crippen molar-refractivity contribution in [2.45, 2.75) is 46.2 Å². The molecule has 4 heteroatoms. The molecule has 1 aromatic carbocycles. The minimum absolute atomic E-state index is 0.793. The van der Waals surface area contributed by atoms with E-state index in [1.807, 2.05) is 7.05 Å². The Hall–Kier alpha value is -1.55. The summed E-state index contributed by atoms with van der Waals surface area (Å²) < 4.78 is 0. The van der Waals surface area contributed by atoms with Crippen LogP contribution in [0.15, 0.2) is 29.3 Å². The van der Waals surface area contributed by atoms with E-state index in [4.69, 9.17) is 0 Å². The fraction of sp³-hybridized carbons (Fsp3) is 0.632. The summed E-state index contributed by atoms with van der Waals surface area (Å²) in [4.78, 5) is 6.48. The molecule has 0 heterocycles. The monoisotopic (exact) mass is 318 g/mol. The molecule has 2 N–H and O–H groups in total. The molecule has 0 spiro atoms. The standard InChI is InChI=1S/C19H34N4/c1-16(2)9-6-7-12-21-19(20-3)22-14-17-10-8-11-18(13-17)15-23(4)5/h8,10-11,13,16H,6-7,9,12,14-15H2,1-5H3,(H2,20,21,22). The van der Waals surface area contributed by atoms with E-state index >= 15 is 0 Å². The Morgan fingerprint density at radius 1 is 1.13 bits per heavy atom. The number of rotatable bonds is 9. The maximum absolute atomic E-state index is 4.29. The lowest BCUT2D eigenvalue weighted by atomic mass is 10.1. The van der Waals surface area contributed by atoms with Crippen molar-refractivity contribution in [3.05, 3.63) is 35.4 Å². The van der Waals surface area contributed by atoms with Gasteiger partial charge in [0.2, 0.25) is 0 Å². The third-order valence-corrected chi connectivity index (χ3v) is 3.67. The van der Waals surface area contributed by atoms with Crippen molar-refractivity contribution < 1.29 is 0 Å². The van der Waals surface area contributed by atoms with Gasteiger partial charge in [0.15, 0.2) is 5.96 Å². The van der Waals surface area contributed by atoms with Crippen LogP contribution in [0, 0.1) is 5.92 Å². The molecular formula is C19H34N4. The lowest BCUT2D eigenvalue weighted by molar-refractivity contribution is 0.402. The van der Waals surface area contributed by atoms with Gasteiger partial charge in [-0.1, -0.05) is 51.0 Å². The van der Waals surface area contributed by atoms with Gasteiger partial charge in [0.05, 0.1) is 0 Å². The highest BCUT2D eigenvalue weighted by Crippen LogP contribution is 2.07. The predicted molar refractivity (Wildman–Crippen MR) is 101 cm³/mol. The topological polar surface area (TPSA) is 39.7 Å². The zero-order valence-electron chi connectivity index (χ0n) is 15.5. The quantitative estimate of drug-likeness (QED) is 0.417. The highest BCUT2D eigenvalue weighted by Gasteiger charge is 2.01. The molecular weight excluding hydrogens is 284 g/mol. The summed E-state index contributed by atoms with van der Waals surface area (Å²) in [5.41, 5.74) is 2.62. The van der Waals surface area contributed by atoms with Crippen LogP contribution >= 0.6 is 0 Å². The lowest BCUT2D eigenvalue weighted by Crippen LogP contribution is -2.37. The van der Waals surface area contributed by atoms with Crippen LogP contribution < -0.4 is 10.6 Å². The second-order valence-electron chi connectivity index (χ2n) is 6.80. The van der Waals surface area contributed by atoms with Crippen LogP contribution in [0.3, 0.4) is 0 Å². The van der Waals surface area contributed by atoms with Gasteiger partial charge in [-0.25, -0.2) is 0 Å². The molecule has 0 atom stereocenters. The van der Waals surface area contributed by atoms with E-state index in [0.717, 1.165) is 31.5 Å². The molecule has 130 valence electrons. The smallest absolute Gasteiger partial charge is 0.191 e. The molecule has 4 nitrogen and oxygen atoms in total. The molecule has 1 aromatic rings. The summed E-state index contributed by atoms with van der Waals surface area (Å²) in [7, 11) is 6.01. The first kappa shape index (κ1) is 19.5. The second-order valence-corrected chi connectivity index (χ2v) is 6.80. The Bertz CT molecular complexity index is 466.